The minimum Gasteiger partial charge on any atom is -0.333 e. The molecule has 2 N–H and O–H groups in total. The van der Waals surface area contributed by atoms with Crippen LogP contribution in [0.5, 0.6) is 0 Å². The first-order valence-electron chi connectivity index (χ1n) is 10.5. The van der Waals surface area contributed by atoms with E-state index in [4.69, 9.17) is 0 Å². The van der Waals surface area contributed by atoms with Gasteiger partial charge in [-0.1, -0.05) is 36.4 Å². The Bertz CT molecular complexity index is 1050. The minimum absolute atomic E-state index is 0.0569. The molecule has 0 saturated carbocycles. The van der Waals surface area contributed by atoms with Gasteiger partial charge in [0.15, 0.2) is 0 Å². The molecule has 1 aliphatic heterocycles. The molecular weight excluding hydrogens is 374 g/mol. The molecule has 3 amide bonds. The summed E-state index contributed by atoms with van der Waals surface area (Å²) in [5, 5.41) is 7.81. The standard InChI is InChI=1S/C25H27N3O2/c1-17-7-5-8-18(2)28(17)24(29)20-13-15-21(16-14-20)26-25(30)27-23-12-6-10-19-9-3-4-11-22(19)23/h3-4,6,9-18H,5,7-8H2,1-2H3,(H2,26,27,30)/t17-,18-/m1/s1. The maximum absolute atomic E-state index is 12.9. The molecule has 0 aliphatic carbocycles. The quantitative estimate of drug-likeness (QED) is 0.575. The van der Waals surface area contributed by atoms with Gasteiger partial charge in [0.05, 0.1) is 5.69 Å². The van der Waals surface area contributed by atoms with Crippen molar-refractivity contribution < 1.29 is 9.59 Å². The summed E-state index contributed by atoms with van der Waals surface area (Å²) < 4.78 is 0. The zero-order valence-corrected chi connectivity index (χ0v) is 17.4. The Hall–Kier alpha value is -3.34. The van der Waals surface area contributed by atoms with E-state index in [0.29, 0.717) is 11.3 Å². The van der Waals surface area contributed by atoms with Gasteiger partial charge in [-0.2, -0.15) is 0 Å². The van der Waals surface area contributed by atoms with Gasteiger partial charge in [-0.3, -0.25) is 4.79 Å². The van der Waals surface area contributed by atoms with Crippen molar-refractivity contribution in [2.75, 3.05) is 10.6 Å². The third kappa shape index (κ3) is 4.15. The lowest BCUT2D eigenvalue weighted by Crippen LogP contribution is -2.47. The van der Waals surface area contributed by atoms with Gasteiger partial charge >= 0.3 is 6.03 Å². The molecule has 1 heterocycles. The van der Waals surface area contributed by atoms with E-state index in [1.807, 2.05) is 47.4 Å². The highest BCUT2D eigenvalue weighted by molar-refractivity contribution is 6.06. The summed E-state index contributed by atoms with van der Waals surface area (Å²) in [4.78, 5) is 27.4. The number of nitrogens with zero attached hydrogens (tertiary/aromatic N) is 1. The van der Waals surface area contributed by atoms with E-state index in [-0.39, 0.29) is 24.0 Å². The molecule has 1 fully saturated rings. The fourth-order valence-electron chi connectivity index (χ4n) is 4.29. The van der Waals surface area contributed by atoms with Gasteiger partial charge in [0.2, 0.25) is 0 Å². The molecule has 3 aromatic carbocycles. The van der Waals surface area contributed by atoms with E-state index in [9.17, 15) is 9.59 Å². The number of hydrogen-bond acceptors (Lipinski definition) is 2. The highest BCUT2D eigenvalue weighted by Gasteiger charge is 2.29. The maximum Gasteiger partial charge on any atom is 0.323 e. The molecule has 0 unspecified atom stereocenters. The molecule has 0 spiro atoms. The maximum atomic E-state index is 12.9. The van der Waals surface area contributed by atoms with Crippen LogP contribution in [0.3, 0.4) is 0 Å². The van der Waals surface area contributed by atoms with Crippen LogP contribution in [0.4, 0.5) is 16.2 Å². The smallest absolute Gasteiger partial charge is 0.323 e. The second kappa shape index (κ2) is 8.57. The second-order valence-electron chi connectivity index (χ2n) is 8.02. The molecular formula is C25H27N3O2. The summed E-state index contributed by atoms with van der Waals surface area (Å²) in [5.74, 6) is 0.0569. The third-order valence-corrected chi connectivity index (χ3v) is 5.86. The molecule has 2 atom stereocenters. The van der Waals surface area contributed by atoms with Crippen LogP contribution in [0.2, 0.25) is 0 Å². The summed E-state index contributed by atoms with van der Waals surface area (Å²) in [6, 6.07) is 21.0. The van der Waals surface area contributed by atoms with E-state index in [2.05, 4.69) is 24.5 Å². The molecule has 30 heavy (non-hydrogen) atoms. The highest BCUT2D eigenvalue weighted by Crippen LogP contribution is 2.26. The molecule has 154 valence electrons. The van der Waals surface area contributed by atoms with Crippen LogP contribution in [-0.4, -0.2) is 28.9 Å². The van der Waals surface area contributed by atoms with Gasteiger partial charge in [0.25, 0.3) is 5.91 Å². The Morgan fingerprint density at radius 1 is 0.833 bits per heavy atom. The fraction of sp³-hybridized carbons (Fsp3) is 0.280. The minimum atomic E-state index is -0.316. The van der Waals surface area contributed by atoms with Crippen molar-refractivity contribution in [2.45, 2.75) is 45.2 Å². The molecule has 1 saturated heterocycles. The van der Waals surface area contributed by atoms with Crippen molar-refractivity contribution in [1.29, 1.82) is 0 Å². The number of benzene rings is 3. The van der Waals surface area contributed by atoms with Crippen LogP contribution >= 0.6 is 0 Å². The Morgan fingerprint density at radius 2 is 1.50 bits per heavy atom. The Labute approximate surface area is 177 Å². The molecule has 5 heteroatoms. The van der Waals surface area contributed by atoms with Crippen molar-refractivity contribution in [1.82, 2.24) is 4.90 Å². The number of piperidine rings is 1. The number of anilines is 2. The average Bonchev–Trinajstić information content (AvgIpc) is 2.74. The highest BCUT2D eigenvalue weighted by atomic mass is 16.2. The molecule has 5 nitrogen and oxygen atoms in total. The fourth-order valence-corrected chi connectivity index (χ4v) is 4.29. The largest absolute Gasteiger partial charge is 0.333 e. The van der Waals surface area contributed by atoms with Crippen LogP contribution in [0, 0.1) is 0 Å². The lowest BCUT2D eigenvalue weighted by molar-refractivity contribution is 0.0511. The lowest BCUT2D eigenvalue weighted by atomic mass is 9.96. The number of carbonyl (C=O) groups excluding carboxylic acids is 2. The van der Waals surface area contributed by atoms with Crippen molar-refractivity contribution in [3.05, 3.63) is 72.3 Å². The van der Waals surface area contributed by atoms with E-state index in [1.165, 1.54) is 6.42 Å². The molecule has 4 rings (SSSR count). The molecule has 0 bridgehead atoms. The van der Waals surface area contributed by atoms with Crippen LogP contribution in [0.15, 0.2) is 66.7 Å². The summed E-state index contributed by atoms with van der Waals surface area (Å²) in [5.41, 5.74) is 2.05. The number of rotatable bonds is 3. The number of carbonyl (C=O) groups is 2. The van der Waals surface area contributed by atoms with Gasteiger partial charge in [0, 0.05) is 28.7 Å². The summed E-state index contributed by atoms with van der Waals surface area (Å²) in [7, 11) is 0. The normalized spacial score (nSPS) is 18.8. The monoisotopic (exact) mass is 401 g/mol. The number of fused-ring (bicyclic) bond motifs is 1. The first kappa shape index (κ1) is 20.0. The zero-order chi connectivity index (χ0) is 21.1. The summed E-state index contributed by atoms with van der Waals surface area (Å²) in [6.07, 6.45) is 3.26. The molecule has 3 aromatic rings. The number of likely N-dealkylation sites (tertiary alicyclic amines) is 1. The van der Waals surface area contributed by atoms with Crippen LogP contribution in [-0.2, 0) is 0 Å². The second-order valence-corrected chi connectivity index (χ2v) is 8.02. The van der Waals surface area contributed by atoms with Crippen LogP contribution in [0.1, 0.15) is 43.5 Å². The first-order valence-corrected chi connectivity index (χ1v) is 10.5. The van der Waals surface area contributed by atoms with Gasteiger partial charge in [0.1, 0.15) is 0 Å². The Kier molecular flexibility index (Phi) is 5.70. The van der Waals surface area contributed by atoms with Crippen molar-refractivity contribution >= 4 is 34.1 Å². The Balaban J connectivity index is 1.43. The topological polar surface area (TPSA) is 61.4 Å². The zero-order valence-electron chi connectivity index (χ0n) is 17.4. The number of amides is 3. The summed E-state index contributed by atoms with van der Waals surface area (Å²) in [6.45, 7) is 4.22. The van der Waals surface area contributed by atoms with Crippen molar-refractivity contribution in [2.24, 2.45) is 0 Å². The molecule has 1 aliphatic rings. The van der Waals surface area contributed by atoms with E-state index in [1.54, 1.807) is 24.3 Å². The Morgan fingerprint density at radius 3 is 2.23 bits per heavy atom. The van der Waals surface area contributed by atoms with Crippen molar-refractivity contribution in [3.8, 4) is 0 Å². The van der Waals surface area contributed by atoms with Gasteiger partial charge in [-0.25, -0.2) is 4.79 Å². The predicted octanol–water partition coefficient (Wildman–Crippen LogP) is 5.89. The summed E-state index contributed by atoms with van der Waals surface area (Å²) >= 11 is 0. The van der Waals surface area contributed by atoms with E-state index >= 15 is 0 Å². The lowest BCUT2D eigenvalue weighted by Gasteiger charge is -2.39. The SMILES string of the molecule is C[C@@H]1CCC[C@@H](C)N1C(=O)c1ccc(NC(=O)Nc2cccc3ccccc23)cc1. The van der Waals surface area contributed by atoms with E-state index < -0.39 is 0 Å². The third-order valence-electron chi connectivity index (χ3n) is 5.86. The number of nitrogens with one attached hydrogen (secondary N) is 2. The number of urea groups is 1. The van der Waals surface area contributed by atoms with Crippen LogP contribution in [0.25, 0.3) is 10.8 Å². The predicted molar refractivity (Wildman–Crippen MR) is 122 cm³/mol. The number of hydrogen-bond donors (Lipinski definition) is 2. The average molecular weight is 402 g/mol. The van der Waals surface area contributed by atoms with Gasteiger partial charge in [-0.05, 0) is 68.8 Å². The van der Waals surface area contributed by atoms with Crippen LogP contribution < -0.4 is 10.6 Å². The molecule has 0 aromatic heterocycles. The van der Waals surface area contributed by atoms with Gasteiger partial charge < -0.3 is 15.5 Å². The van der Waals surface area contributed by atoms with Crippen molar-refractivity contribution in [3.63, 3.8) is 0 Å². The van der Waals surface area contributed by atoms with Gasteiger partial charge in [-0.15, -0.1) is 0 Å². The first-order chi connectivity index (χ1) is 14.5. The molecule has 0 radical (unpaired) electrons. The van der Waals surface area contributed by atoms with E-state index in [0.717, 1.165) is 29.3 Å².